The van der Waals surface area contributed by atoms with Gasteiger partial charge < -0.3 is 20.8 Å². The molecule has 0 aliphatic rings. The standard InChI is InChI=1S/C11H22N2O4/c1-7(2)9(13-8(3)15)10(16)12-5-11(4,17)6-14/h7,9,14,17H,5-6H2,1-4H3,(H,12,16)(H,13,15). The van der Waals surface area contributed by atoms with Crippen molar-refractivity contribution in [2.45, 2.75) is 39.3 Å². The predicted octanol–water partition coefficient (Wildman–Crippen LogP) is -0.993. The zero-order chi connectivity index (χ0) is 13.6. The smallest absolute Gasteiger partial charge is 0.242 e. The third-order valence-electron chi connectivity index (χ3n) is 2.29. The Labute approximate surface area is 101 Å². The summed E-state index contributed by atoms with van der Waals surface area (Å²) in [7, 11) is 0. The van der Waals surface area contributed by atoms with Crippen LogP contribution in [0.2, 0.25) is 0 Å². The van der Waals surface area contributed by atoms with Crippen LogP contribution < -0.4 is 10.6 Å². The molecule has 0 aromatic carbocycles. The molecule has 17 heavy (non-hydrogen) atoms. The lowest BCUT2D eigenvalue weighted by molar-refractivity contribution is -0.130. The molecule has 0 bridgehead atoms. The van der Waals surface area contributed by atoms with Gasteiger partial charge in [0.05, 0.1) is 6.61 Å². The number of hydrogen-bond donors (Lipinski definition) is 4. The van der Waals surface area contributed by atoms with Gasteiger partial charge in [-0.15, -0.1) is 0 Å². The molecule has 2 atom stereocenters. The topological polar surface area (TPSA) is 98.7 Å². The number of hydrogen-bond acceptors (Lipinski definition) is 4. The maximum absolute atomic E-state index is 11.8. The first kappa shape index (κ1) is 15.9. The minimum Gasteiger partial charge on any atom is -0.393 e. The van der Waals surface area contributed by atoms with Gasteiger partial charge in [-0.2, -0.15) is 0 Å². The SMILES string of the molecule is CC(=O)NC(C(=O)NCC(C)(O)CO)C(C)C. The van der Waals surface area contributed by atoms with Crippen molar-refractivity contribution in [1.82, 2.24) is 10.6 Å². The molecule has 6 heteroatoms. The minimum absolute atomic E-state index is 0.0574. The van der Waals surface area contributed by atoms with Crippen molar-refractivity contribution >= 4 is 11.8 Å². The largest absolute Gasteiger partial charge is 0.393 e. The lowest BCUT2D eigenvalue weighted by Gasteiger charge is -2.25. The molecule has 0 heterocycles. The number of carbonyl (C=O) groups is 2. The summed E-state index contributed by atoms with van der Waals surface area (Å²) in [6, 6.07) is -0.637. The van der Waals surface area contributed by atoms with E-state index in [1.807, 2.05) is 13.8 Å². The maximum Gasteiger partial charge on any atom is 0.242 e. The van der Waals surface area contributed by atoms with E-state index in [2.05, 4.69) is 10.6 Å². The second kappa shape index (κ2) is 6.56. The molecular weight excluding hydrogens is 224 g/mol. The molecule has 100 valence electrons. The van der Waals surface area contributed by atoms with Crippen LogP contribution in [0.15, 0.2) is 0 Å². The van der Waals surface area contributed by atoms with Gasteiger partial charge in [0.15, 0.2) is 0 Å². The zero-order valence-corrected chi connectivity index (χ0v) is 10.8. The van der Waals surface area contributed by atoms with Crippen LogP contribution >= 0.6 is 0 Å². The van der Waals surface area contributed by atoms with Gasteiger partial charge >= 0.3 is 0 Å². The van der Waals surface area contributed by atoms with Gasteiger partial charge in [-0.05, 0) is 12.8 Å². The van der Waals surface area contributed by atoms with Crippen molar-refractivity contribution in [1.29, 1.82) is 0 Å². The molecule has 0 saturated heterocycles. The molecule has 2 amide bonds. The van der Waals surface area contributed by atoms with E-state index in [0.717, 1.165) is 0 Å². The van der Waals surface area contributed by atoms with Crippen molar-refractivity contribution in [3.05, 3.63) is 0 Å². The number of amides is 2. The molecule has 0 saturated carbocycles. The van der Waals surface area contributed by atoms with Crippen LogP contribution in [0.5, 0.6) is 0 Å². The molecule has 6 nitrogen and oxygen atoms in total. The summed E-state index contributed by atoms with van der Waals surface area (Å²) >= 11 is 0. The Hall–Kier alpha value is -1.14. The van der Waals surface area contributed by atoms with Crippen molar-refractivity contribution < 1.29 is 19.8 Å². The second-order valence-electron chi connectivity index (χ2n) is 4.80. The summed E-state index contributed by atoms with van der Waals surface area (Å²) in [6.45, 7) is 5.86. The van der Waals surface area contributed by atoms with Crippen LogP contribution in [0.1, 0.15) is 27.7 Å². The van der Waals surface area contributed by atoms with Gasteiger partial charge in [0.25, 0.3) is 0 Å². The molecule has 0 aromatic heterocycles. The van der Waals surface area contributed by atoms with E-state index in [1.54, 1.807) is 0 Å². The Morgan fingerprint density at radius 2 is 1.88 bits per heavy atom. The average molecular weight is 246 g/mol. The summed E-state index contributed by atoms with van der Waals surface area (Å²) in [5.41, 5.74) is -1.35. The van der Waals surface area contributed by atoms with Crippen molar-refractivity contribution in [3.8, 4) is 0 Å². The monoisotopic (exact) mass is 246 g/mol. The van der Waals surface area contributed by atoms with Crippen LogP contribution in [0.4, 0.5) is 0 Å². The first-order valence-electron chi connectivity index (χ1n) is 5.57. The van der Waals surface area contributed by atoms with Gasteiger partial charge in [-0.1, -0.05) is 13.8 Å². The number of carbonyl (C=O) groups excluding carboxylic acids is 2. The molecule has 0 radical (unpaired) electrons. The normalized spacial score (nSPS) is 16.2. The summed E-state index contributed by atoms with van der Waals surface area (Å²) < 4.78 is 0. The van der Waals surface area contributed by atoms with E-state index in [9.17, 15) is 14.7 Å². The molecule has 4 N–H and O–H groups in total. The third kappa shape index (κ3) is 6.23. The summed E-state index contributed by atoms with van der Waals surface area (Å²) in [4.78, 5) is 22.7. The number of aliphatic hydroxyl groups is 2. The third-order valence-corrected chi connectivity index (χ3v) is 2.29. The summed E-state index contributed by atoms with van der Waals surface area (Å²) in [5, 5.41) is 23.4. The highest BCUT2D eigenvalue weighted by molar-refractivity contribution is 5.87. The molecular formula is C11H22N2O4. The Balaban J connectivity index is 4.39. The van der Waals surface area contributed by atoms with Crippen LogP contribution in [0.25, 0.3) is 0 Å². The van der Waals surface area contributed by atoms with E-state index in [1.165, 1.54) is 13.8 Å². The first-order chi connectivity index (χ1) is 7.69. The molecule has 0 aromatic rings. The fourth-order valence-corrected chi connectivity index (χ4v) is 1.20. The fraction of sp³-hybridized carbons (Fsp3) is 0.818. The van der Waals surface area contributed by atoms with Crippen LogP contribution in [0, 0.1) is 5.92 Å². The summed E-state index contributed by atoms with van der Waals surface area (Å²) in [6.07, 6.45) is 0. The molecule has 0 aliphatic heterocycles. The highest BCUT2D eigenvalue weighted by Crippen LogP contribution is 2.03. The quantitative estimate of drug-likeness (QED) is 0.483. The lowest BCUT2D eigenvalue weighted by atomic mass is 10.0. The highest BCUT2D eigenvalue weighted by Gasteiger charge is 2.26. The lowest BCUT2D eigenvalue weighted by Crippen LogP contribution is -2.52. The summed E-state index contributed by atoms with van der Waals surface area (Å²) in [5.74, 6) is -0.713. The number of rotatable bonds is 6. The van der Waals surface area contributed by atoms with Gasteiger partial charge in [-0.25, -0.2) is 0 Å². The predicted molar refractivity (Wildman–Crippen MR) is 63.2 cm³/mol. The van der Waals surface area contributed by atoms with E-state index >= 15 is 0 Å². The van der Waals surface area contributed by atoms with Crippen molar-refractivity contribution in [2.24, 2.45) is 5.92 Å². The van der Waals surface area contributed by atoms with E-state index in [0.29, 0.717) is 0 Å². The van der Waals surface area contributed by atoms with Gasteiger partial charge in [0, 0.05) is 13.5 Å². The van der Waals surface area contributed by atoms with Crippen LogP contribution in [-0.4, -0.2) is 46.8 Å². The van der Waals surface area contributed by atoms with Gasteiger partial charge in [-0.3, -0.25) is 9.59 Å². The molecule has 0 aliphatic carbocycles. The molecule has 2 unspecified atom stereocenters. The van der Waals surface area contributed by atoms with Crippen LogP contribution in [0.3, 0.4) is 0 Å². The zero-order valence-electron chi connectivity index (χ0n) is 10.8. The van der Waals surface area contributed by atoms with E-state index < -0.39 is 18.2 Å². The highest BCUT2D eigenvalue weighted by atomic mass is 16.3. The van der Waals surface area contributed by atoms with Crippen molar-refractivity contribution in [2.75, 3.05) is 13.2 Å². The molecule has 0 spiro atoms. The fourth-order valence-electron chi connectivity index (χ4n) is 1.20. The molecule has 0 rings (SSSR count). The van der Waals surface area contributed by atoms with E-state index in [4.69, 9.17) is 5.11 Å². The number of aliphatic hydroxyl groups excluding tert-OH is 1. The Morgan fingerprint density at radius 3 is 2.24 bits per heavy atom. The minimum atomic E-state index is -1.35. The first-order valence-corrected chi connectivity index (χ1v) is 5.57. The van der Waals surface area contributed by atoms with Crippen molar-refractivity contribution in [3.63, 3.8) is 0 Å². The Bertz CT molecular complexity index is 277. The second-order valence-corrected chi connectivity index (χ2v) is 4.80. The molecule has 0 fully saturated rings. The van der Waals surface area contributed by atoms with Crippen LogP contribution in [-0.2, 0) is 9.59 Å². The van der Waals surface area contributed by atoms with Gasteiger partial charge in [0.2, 0.25) is 11.8 Å². The average Bonchev–Trinajstić information content (AvgIpc) is 2.22. The van der Waals surface area contributed by atoms with E-state index in [-0.39, 0.29) is 24.3 Å². The van der Waals surface area contributed by atoms with Gasteiger partial charge in [0.1, 0.15) is 11.6 Å². The Morgan fingerprint density at radius 1 is 1.35 bits per heavy atom. The maximum atomic E-state index is 11.8. The Kier molecular flexibility index (Phi) is 6.12. The number of nitrogens with one attached hydrogen (secondary N) is 2.